The summed E-state index contributed by atoms with van der Waals surface area (Å²) in [4.78, 5) is 2.46. The van der Waals surface area contributed by atoms with E-state index >= 15 is 0 Å². The Balaban J connectivity index is 2.87. The molecule has 1 rings (SSSR count). The molecular formula is C16H27BrN2. The first kappa shape index (κ1) is 16.5. The van der Waals surface area contributed by atoms with Crippen molar-refractivity contribution in [2.24, 2.45) is 5.73 Å². The van der Waals surface area contributed by atoms with Crippen molar-refractivity contribution in [3.63, 3.8) is 0 Å². The minimum absolute atomic E-state index is 0.0658. The molecule has 0 aliphatic carbocycles. The number of halogens is 1. The van der Waals surface area contributed by atoms with Gasteiger partial charge in [0.25, 0.3) is 0 Å². The molecule has 0 bridgehead atoms. The van der Waals surface area contributed by atoms with Gasteiger partial charge >= 0.3 is 0 Å². The fraction of sp³-hybridized carbons (Fsp3) is 0.625. The molecule has 3 heteroatoms. The molecule has 0 radical (unpaired) electrons. The van der Waals surface area contributed by atoms with Gasteiger partial charge in [-0.25, -0.2) is 0 Å². The van der Waals surface area contributed by atoms with E-state index in [0.717, 1.165) is 11.0 Å². The molecule has 0 saturated heterocycles. The normalized spacial score (nSPS) is 12.8. The monoisotopic (exact) mass is 326 g/mol. The van der Waals surface area contributed by atoms with Gasteiger partial charge < -0.3 is 10.6 Å². The van der Waals surface area contributed by atoms with Crippen LogP contribution in [-0.4, -0.2) is 12.6 Å². The molecule has 0 fully saturated rings. The molecular weight excluding hydrogens is 300 g/mol. The van der Waals surface area contributed by atoms with Crippen molar-refractivity contribution in [2.75, 3.05) is 11.4 Å². The van der Waals surface area contributed by atoms with Gasteiger partial charge in [-0.15, -0.1) is 0 Å². The summed E-state index contributed by atoms with van der Waals surface area (Å²) in [6, 6.07) is 7.11. The van der Waals surface area contributed by atoms with E-state index in [-0.39, 0.29) is 6.04 Å². The van der Waals surface area contributed by atoms with Crippen LogP contribution < -0.4 is 10.6 Å². The Kier molecular flexibility index (Phi) is 6.87. The van der Waals surface area contributed by atoms with Crippen molar-refractivity contribution in [2.45, 2.75) is 59.0 Å². The van der Waals surface area contributed by atoms with Gasteiger partial charge in [-0.1, -0.05) is 41.8 Å². The number of rotatable bonds is 7. The number of hydrogen-bond donors (Lipinski definition) is 1. The third-order valence-electron chi connectivity index (χ3n) is 3.43. The standard InChI is InChI=1S/C16H27BrN2/c1-5-6-7-10-19(12(2)3)14-8-9-15(13(4)18)16(17)11-14/h8-9,11-13H,5-7,10,18H2,1-4H3/t13-/m1/s1. The Bertz CT molecular complexity index is 388. The molecule has 0 aliphatic rings. The average Bonchev–Trinajstić information content (AvgIpc) is 2.33. The summed E-state index contributed by atoms with van der Waals surface area (Å²) in [5.74, 6) is 0. The van der Waals surface area contributed by atoms with Crippen LogP contribution in [0.2, 0.25) is 0 Å². The highest BCUT2D eigenvalue weighted by molar-refractivity contribution is 9.10. The zero-order valence-corrected chi connectivity index (χ0v) is 14.2. The maximum absolute atomic E-state index is 5.96. The van der Waals surface area contributed by atoms with Gasteiger partial charge in [-0.2, -0.15) is 0 Å². The smallest absolute Gasteiger partial charge is 0.0380 e. The second-order valence-corrected chi connectivity index (χ2v) is 6.34. The molecule has 0 amide bonds. The predicted molar refractivity (Wildman–Crippen MR) is 88.8 cm³/mol. The Hall–Kier alpha value is -0.540. The van der Waals surface area contributed by atoms with Crippen LogP contribution in [0.4, 0.5) is 5.69 Å². The molecule has 19 heavy (non-hydrogen) atoms. The number of benzene rings is 1. The van der Waals surface area contributed by atoms with Crippen LogP contribution in [-0.2, 0) is 0 Å². The molecule has 108 valence electrons. The lowest BCUT2D eigenvalue weighted by molar-refractivity contribution is 0.625. The second kappa shape index (κ2) is 7.91. The van der Waals surface area contributed by atoms with Crippen molar-refractivity contribution in [3.8, 4) is 0 Å². The summed E-state index contributed by atoms with van der Waals surface area (Å²) in [7, 11) is 0. The van der Waals surface area contributed by atoms with Gasteiger partial charge in [0, 0.05) is 28.8 Å². The number of nitrogens with zero attached hydrogens (tertiary/aromatic N) is 1. The minimum atomic E-state index is 0.0658. The van der Waals surface area contributed by atoms with Crippen molar-refractivity contribution in [1.29, 1.82) is 0 Å². The van der Waals surface area contributed by atoms with Crippen LogP contribution in [0.1, 0.15) is 58.6 Å². The van der Waals surface area contributed by atoms with Crippen molar-refractivity contribution in [1.82, 2.24) is 0 Å². The third-order valence-corrected chi connectivity index (χ3v) is 4.12. The van der Waals surface area contributed by atoms with Crippen molar-refractivity contribution < 1.29 is 0 Å². The fourth-order valence-corrected chi connectivity index (χ4v) is 3.01. The zero-order valence-electron chi connectivity index (χ0n) is 12.6. The van der Waals surface area contributed by atoms with Crippen LogP contribution in [0.3, 0.4) is 0 Å². The van der Waals surface area contributed by atoms with E-state index < -0.39 is 0 Å². The zero-order chi connectivity index (χ0) is 14.4. The number of unbranched alkanes of at least 4 members (excludes halogenated alkanes) is 2. The van der Waals surface area contributed by atoms with Gasteiger partial charge in [-0.05, 0) is 44.9 Å². The molecule has 1 aromatic rings. The first-order valence-corrected chi connectivity index (χ1v) is 8.08. The van der Waals surface area contributed by atoms with Gasteiger partial charge in [0.2, 0.25) is 0 Å². The van der Waals surface area contributed by atoms with Crippen LogP contribution in [0.5, 0.6) is 0 Å². The van der Waals surface area contributed by atoms with E-state index in [0.29, 0.717) is 6.04 Å². The van der Waals surface area contributed by atoms with E-state index in [1.54, 1.807) is 0 Å². The minimum Gasteiger partial charge on any atom is -0.369 e. The topological polar surface area (TPSA) is 29.3 Å². The van der Waals surface area contributed by atoms with Crippen LogP contribution in [0.25, 0.3) is 0 Å². The molecule has 2 nitrogen and oxygen atoms in total. The Morgan fingerprint density at radius 1 is 1.21 bits per heavy atom. The summed E-state index contributed by atoms with van der Waals surface area (Å²) in [5, 5.41) is 0. The maximum Gasteiger partial charge on any atom is 0.0380 e. The van der Waals surface area contributed by atoms with Crippen LogP contribution in [0, 0.1) is 0 Å². The molecule has 0 aromatic heterocycles. The molecule has 0 saturated carbocycles. The third kappa shape index (κ3) is 4.81. The van der Waals surface area contributed by atoms with Crippen LogP contribution >= 0.6 is 15.9 Å². The molecule has 0 aliphatic heterocycles. The van der Waals surface area contributed by atoms with E-state index in [9.17, 15) is 0 Å². The highest BCUT2D eigenvalue weighted by Gasteiger charge is 2.13. The largest absolute Gasteiger partial charge is 0.369 e. The molecule has 0 heterocycles. The van der Waals surface area contributed by atoms with Gasteiger partial charge in [0.15, 0.2) is 0 Å². The maximum atomic E-state index is 5.96. The number of hydrogen-bond acceptors (Lipinski definition) is 2. The predicted octanol–water partition coefficient (Wildman–Crippen LogP) is 4.87. The lowest BCUT2D eigenvalue weighted by atomic mass is 10.1. The quantitative estimate of drug-likeness (QED) is 0.724. The van der Waals surface area contributed by atoms with E-state index in [1.165, 1.54) is 30.5 Å². The Morgan fingerprint density at radius 2 is 1.89 bits per heavy atom. The summed E-state index contributed by atoms with van der Waals surface area (Å²) in [5.41, 5.74) is 8.40. The lowest BCUT2D eigenvalue weighted by Crippen LogP contribution is -2.31. The summed E-state index contributed by atoms with van der Waals surface area (Å²) in [6.45, 7) is 9.88. The lowest BCUT2D eigenvalue weighted by Gasteiger charge is -2.29. The van der Waals surface area contributed by atoms with E-state index in [1.807, 2.05) is 6.92 Å². The summed E-state index contributed by atoms with van der Waals surface area (Å²) in [6.07, 6.45) is 3.81. The second-order valence-electron chi connectivity index (χ2n) is 5.49. The SMILES string of the molecule is CCCCCN(c1ccc([C@@H](C)N)c(Br)c1)C(C)C. The van der Waals surface area contributed by atoms with Crippen LogP contribution in [0.15, 0.2) is 22.7 Å². The van der Waals surface area contributed by atoms with Crippen molar-refractivity contribution in [3.05, 3.63) is 28.2 Å². The molecule has 1 aromatic carbocycles. The van der Waals surface area contributed by atoms with E-state index in [4.69, 9.17) is 5.73 Å². The van der Waals surface area contributed by atoms with E-state index in [2.05, 4.69) is 59.8 Å². The molecule has 1 atom stereocenters. The molecule has 2 N–H and O–H groups in total. The summed E-state index contributed by atoms with van der Waals surface area (Å²) >= 11 is 3.64. The fourth-order valence-electron chi connectivity index (χ4n) is 2.28. The van der Waals surface area contributed by atoms with Gasteiger partial charge in [-0.3, -0.25) is 0 Å². The molecule has 0 spiro atoms. The Labute approximate surface area is 126 Å². The van der Waals surface area contributed by atoms with Crippen molar-refractivity contribution >= 4 is 21.6 Å². The highest BCUT2D eigenvalue weighted by atomic mass is 79.9. The van der Waals surface area contributed by atoms with Gasteiger partial charge in [0.05, 0.1) is 0 Å². The van der Waals surface area contributed by atoms with Gasteiger partial charge in [0.1, 0.15) is 0 Å². The Morgan fingerprint density at radius 3 is 2.37 bits per heavy atom. The number of anilines is 1. The first-order valence-electron chi connectivity index (χ1n) is 7.29. The number of nitrogens with two attached hydrogens (primary N) is 1. The average molecular weight is 327 g/mol. The summed E-state index contributed by atoms with van der Waals surface area (Å²) < 4.78 is 1.11. The highest BCUT2D eigenvalue weighted by Crippen LogP contribution is 2.28. The molecule has 0 unspecified atom stereocenters. The first-order chi connectivity index (χ1) is 8.97.